The van der Waals surface area contributed by atoms with Crippen molar-refractivity contribution in [1.82, 2.24) is 9.88 Å². The minimum Gasteiger partial charge on any atom is -0.480 e. The van der Waals surface area contributed by atoms with Gasteiger partial charge >= 0.3 is 5.97 Å². The van der Waals surface area contributed by atoms with Gasteiger partial charge in [-0.05, 0) is 25.3 Å². The predicted molar refractivity (Wildman–Crippen MR) is 90.4 cm³/mol. The van der Waals surface area contributed by atoms with Gasteiger partial charge in [0.1, 0.15) is 6.04 Å². The summed E-state index contributed by atoms with van der Waals surface area (Å²) in [6.07, 6.45) is 3.61. The van der Waals surface area contributed by atoms with Crippen molar-refractivity contribution < 1.29 is 14.7 Å². The summed E-state index contributed by atoms with van der Waals surface area (Å²) in [6.45, 7) is 0.429. The van der Waals surface area contributed by atoms with Crippen molar-refractivity contribution in [2.75, 3.05) is 12.3 Å². The number of nitrogens with two attached hydrogens (primary N) is 1. The van der Waals surface area contributed by atoms with Crippen LogP contribution in [0.5, 0.6) is 0 Å². The lowest BCUT2D eigenvalue weighted by molar-refractivity contribution is -0.143. The van der Waals surface area contributed by atoms with Crippen molar-refractivity contribution in [2.45, 2.75) is 25.3 Å². The quantitative estimate of drug-likeness (QED) is 0.903. The number of pyridine rings is 1. The minimum atomic E-state index is -0.973. The number of piperidine rings is 1. The maximum atomic E-state index is 12.9. The van der Waals surface area contributed by atoms with E-state index in [1.54, 1.807) is 6.07 Å². The van der Waals surface area contributed by atoms with Gasteiger partial charge in [0.15, 0.2) is 0 Å². The van der Waals surface area contributed by atoms with Crippen molar-refractivity contribution >= 4 is 17.6 Å². The van der Waals surface area contributed by atoms with E-state index in [-0.39, 0.29) is 11.6 Å². The molecule has 0 spiro atoms. The first kappa shape index (κ1) is 16.0. The molecule has 1 unspecified atom stereocenters. The normalized spacial score (nSPS) is 17.5. The lowest BCUT2D eigenvalue weighted by Crippen LogP contribution is -2.48. The number of carboxylic acid groups (broad SMARTS) is 1. The van der Waals surface area contributed by atoms with Crippen molar-refractivity contribution in [1.29, 1.82) is 0 Å². The molecule has 1 atom stereocenters. The number of benzene rings is 1. The number of anilines is 1. The fraction of sp³-hybridized carbons (Fsp3) is 0.278. The molecule has 24 heavy (non-hydrogen) atoms. The third-order valence-electron chi connectivity index (χ3n) is 4.32. The maximum Gasteiger partial charge on any atom is 0.326 e. The molecule has 3 N–H and O–H groups in total. The van der Waals surface area contributed by atoms with Crippen LogP contribution in [0.15, 0.2) is 42.6 Å². The van der Waals surface area contributed by atoms with E-state index in [4.69, 9.17) is 5.73 Å². The van der Waals surface area contributed by atoms with E-state index in [0.717, 1.165) is 18.4 Å². The number of rotatable bonds is 3. The van der Waals surface area contributed by atoms with Crippen LogP contribution in [0, 0.1) is 0 Å². The van der Waals surface area contributed by atoms with Gasteiger partial charge in [0.25, 0.3) is 5.91 Å². The number of nitrogens with zero attached hydrogens (tertiary/aromatic N) is 2. The lowest BCUT2D eigenvalue weighted by atomic mass is 9.99. The fourth-order valence-electron chi connectivity index (χ4n) is 3.07. The smallest absolute Gasteiger partial charge is 0.326 e. The van der Waals surface area contributed by atoms with Gasteiger partial charge < -0.3 is 15.7 Å². The van der Waals surface area contributed by atoms with Crippen molar-refractivity contribution in [2.24, 2.45) is 0 Å². The molecule has 124 valence electrons. The SMILES string of the molecule is Nc1c(C(=O)N2CCCCC2C(=O)O)ccnc1-c1ccccc1. The first-order valence-electron chi connectivity index (χ1n) is 7.93. The molecule has 2 heterocycles. The highest BCUT2D eigenvalue weighted by molar-refractivity contribution is 6.03. The largest absolute Gasteiger partial charge is 0.480 e. The van der Waals surface area contributed by atoms with Gasteiger partial charge in [-0.3, -0.25) is 9.78 Å². The maximum absolute atomic E-state index is 12.9. The first-order valence-corrected chi connectivity index (χ1v) is 7.93. The van der Waals surface area contributed by atoms with E-state index < -0.39 is 12.0 Å². The van der Waals surface area contributed by atoms with Gasteiger partial charge in [0.2, 0.25) is 0 Å². The number of aliphatic carboxylic acids is 1. The highest BCUT2D eigenvalue weighted by Gasteiger charge is 2.33. The summed E-state index contributed by atoms with van der Waals surface area (Å²) < 4.78 is 0. The number of hydrogen-bond acceptors (Lipinski definition) is 4. The zero-order valence-corrected chi connectivity index (χ0v) is 13.2. The second kappa shape index (κ2) is 6.70. The van der Waals surface area contributed by atoms with Crippen LogP contribution in [0.4, 0.5) is 5.69 Å². The second-order valence-corrected chi connectivity index (χ2v) is 5.84. The highest BCUT2D eigenvalue weighted by atomic mass is 16.4. The minimum absolute atomic E-state index is 0.281. The Morgan fingerprint density at radius 3 is 2.62 bits per heavy atom. The molecular weight excluding hydrogens is 306 g/mol. The van der Waals surface area contributed by atoms with Crippen LogP contribution in [0.3, 0.4) is 0 Å². The van der Waals surface area contributed by atoms with E-state index in [2.05, 4.69) is 4.98 Å². The summed E-state index contributed by atoms with van der Waals surface area (Å²) in [5.41, 5.74) is 8.12. The van der Waals surface area contributed by atoms with E-state index >= 15 is 0 Å². The van der Waals surface area contributed by atoms with Gasteiger partial charge in [-0.15, -0.1) is 0 Å². The Balaban J connectivity index is 1.97. The molecule has 0 aliphatic carbocycles. The third-order valence-corrected chi connectivity index (χ3v) is 4.32. The monoisotopic (exact) mass is 325 g/mol. The predicted octanol–water partition coefficient (Wildman–Crippen LogP) is 2.41. The Labute approximate surface area is 139 Å². The number of carbonyl (C=O) groups is 2. The number of likely N-dealkylation sites (tertiary alicyclic amines) is 1. The zero-order chi connectivity index (χ0) is 17.1. The van der Waals surface area contributed by atoms with Gasteiger partial charge in [-0.25, -0.2) is 4.79 Å². The van der Waals surface area contributed by atoms with Crippen LogP contribution in [0.1, 0.15) is 29.6 Å². The van der Waals surface area contributed by atoms with Gasteiger partial charge in [-0.2, -0.15) is 0 Å². The average Bonchev–Trinajstić information content (AvgIpc) is 2.62. The summed E-state index contributed by atoms with van der Waals surface area (Å²) in [6, 6.07) is 10.1. The van der Waals surface area contributed by atoms with Gasteiger partial charge in [0, 0.05) is 18.3 Å². The fourth-order valence-corrected chi connectivity index (χ4v) is 3.07. The van der Waals surface area contributed by atoms with Crippen LogP contribution in [0.2, 0.25) is 0 Å². The van der Waals surface area contributed by atoms with E-state index in [0.29, 0.717) is 24.2 Å². The van der Waals surface area contributed by atoms with E-state index in [1.165, 1.54) is 11.1 Å². The summed E-state index contributed by atoms with van der Waals surface area (Å²) in [7, 11) is 0. The molecule has 1 aliphatic rings. The van der Waals surface area contributed by atoms with E-state index in [1.807, 2.05) is 30.3 Å². The Morgan fingerprint density at radius 2 is 1.92 bits per heavy atom. The summed E-state index contributed by atoms with van der Waals surface area (Å²) >= 11 is 0. The number of amides is 1. The first-order chi connectivity index (χ1) is 11.6. The molecule has 1 aliphatic heterocycles. The standard InChI is InChI=1S/C18H19N3O3/c19-15-13(9-10-20-16(15)12-6-2-1-3-7-12)17(22)21-11-5-4-8-14(21)18(23)24/h1-3,6-7,9-10,14H,4-5,8,11,19H2,(H,23,24). The lowest BCUT2D eigenvalue weighted by Gasteiger charge is -2.33. The van der Waals surface area contributed by atoms with Crippen LogP contribution in [-0.2, 0) is 4.79 Å². The Hall–Kier alpha value is -2.89. The molecule has 3 rings (SSSR count). The number of carboxylic acids is 1. The molecule has 1 saturated heterocycles. The summed E-state index contributed by atoms with van der Waals surface area (Å²) in [4.78, 5) is 30.0. The van der Waals surface area contributed by atoms with Crippen molar-refractivity contribution in [3.8, 4) is 11.3 Å². The van der Waals surface area contributed by atoms with Crippen molar-refractivity contribution in [3.63, 3.8) is 0 Å². The second-order valence-electron chi connectivity index (χ2n) is 5.84. The molecule has 1 aromatic heterocycles. The molecule has 6 heteroatoms. The van der Waals surface area contributed by atoms with Crippen LogP contribution in [-0.4, -0.2) is 39.5 Å². The zero-order valence-electron chi connectivity index (χ0n) is 13.2. The topological polar surface area (TPSA) is 96.5 Å². The van der Waals surface area contributed by atoms with Crippen LogP contribution in [0.25, 0.3) is 11.3 Å². The van der Waals surface area contributed by atoms with Crippen LogP contribution >= 0.6 is 0 Å². The molecule has 1 fully saturated rings. The number of nitrogen functional groups attached to an aromatic ring is 1. The summed E-state index contributed by atoms with van der Waals surface area (Å²) in [5, 5.41) is 9.37. The molecule has 0 saturated carbocycles. The van der Waals surface area contributed by atoms with Gasteiger partial charge in [0.05, 0.1) is 16.9 Å². The average molecular weight is 325 g/mol. The molecule has 1 aromatic carbocycles. The molecule has 0 bridgehead atoms. The van der Waals surface area contributed by atoms with Crippen LogP contribution < -0.4 is 5.73 Å². The highest BCUT2D eigenvalue weighted by Crippen LogP contribution is 2.28. The number of hydrogen-bond donors (Lipinski definition) is 2. The summed E-state index contributed by atoms with van der Waals surface area (Å²) in [5.74, 6) is -1.32. The Morgan fingerprint density at radius 1 is 1.17 bits per heavy atom. The third kappa shape index (κ3) is 2.95. The van der Waals surface area contributed by atoms with Crippen molar-refractivity contribution in [3.05, 3.63) is 48.2 Å². The Kier molecular flexibility index (Phi) is 4.46. The molecule has 2 aromatic rings. The molecule has 1 amide bonds. The number of aromatic nitrogens is 1. The van der Waals surface area contributed by atoms with E-state index in [9.17, 15) is 14.7 Å². The molecule has 0 radical (unpaired) electrons. The molecule has 6 nitrogen and oxygen atoms in total. The Bertz CT molecular complexity index is 761. The van der Waals surface area contributed by atoms with Gasteiger partial charge in [-0.1, -0.05) is 30.3 Å². The number of carbonyl (C=O) groups excluding carboxylic acids is 1. The molecular formula is C18H19N3O3.